The van der Waals surface area contributed by atoms with Crippen molar-refractivity contribution in [1.29, 1.82) is 0 Å². The van der Waals surface area contributed by atoms with E-state index in [9.17, 15) is 4.79 Å². The molecule has 1 fully saturated rings. The van der Waals surface area contributed by atoms with Gasteiger partial charge in [-0.2, -0.15) is 0 Å². The first-order chi connectivity index (χ1) is 7.27. The van der Waals surface area contributed by atoms with E-state index in [1.54, 1.807) is 6.08 Å². The molecule has 0 unspecified atom stereocenters. The normalized spacial score (nSPS) is 26.2. The molecule has 15 heavy (non-hydrogen) atoms. The Morgan fingerprint density at radius 2 is 2.00 bits per heavy atom. The fourth-order valence-electron chi connectivity index (χ4n) is 2.57. The Hall–Kier alpha value is -0.590. The van der Waals surface area contributed by atoms with Crippen LogP contribution in [0.25, 0.3) is 0 Å². The van der Waals surface area contributed by atoms with Crippen LogP contribution in [0.4, 0.5) is 0 Å². The fourth-order valence-corrected chi connectivity index (χ4v) is 2.57. The van der Waals surface area contributed by atoms with Crippen LogP contribution >= 0.6 is 0 Å². The van der Waals surface area contributed by atoms with E-state index in [2.05, 4.69) is 13.5 Å². The van der Waals surface area contributed by atoms with Crippen LogP contribution in [-0.4, -0.2) is 5.78 Å². The molecule has 0 N–H and O–H groups in total. The second kappa shape index (κ2) is 6.81. The van der Waals surface area contributed by atoms with Crippen molar-refractivity contribution in [2.45, 2.75) is 58.3 Å². The average molecular weight is 208 g/mol. The molecule has 0 atom stereocenters. The first-order valence-corrected chi connectivity index (χ1v) is 6.41. The third-order valence-electron chi connectivity index (χ3n) is 3.61. The largest absolute Gasteiger partial charge is 0.299 e. The van der Waals surface area contributed by atoms with Crippen molar-refractivity contribution in [2.75, 3.05) is 0 Å². The molecule has 0 aromatic rings. The van der Waals surface area contributed by atoms with Crippen LogP contribution in [0.3, 0.4) is 0 Å². The minimum atomic E-state index is 0.348. The number of ketones is 1. The molecular weight excluding hydrogens is 184 g/mol. The maximum Gasteiger partial charge on any atom is 0.139 e. The van der Waals surface area contributed by atoms with Gasteiger partial charge in [0.05, 0.1) is 0 Å². The zero-order valence-corrected chi connectivity index (χ0v) is 10.0. The van der Waals surface area contributed by atoms with Crippen molar-refractivity contribution in [1.82, 2.24) is 0 Å². The van der Waals surface area contributed by atoms with Gasteiger partial charge in [0.2, 0.25) is 0 Å². The van der Waals surface area contributed by atoms with Gasteiger partial charge in [0.25, 0.3) is 0 Å². The summed E-state index contributed by atoms with van der Waals surface area (Å²) < 4.78 is 0. The van der Waals surface area contributed by atoms with Crippen molar-refractivity contribution < 1.29 is 4.79 Å². The summed E-state index contributed by atoms with van der Waals surface area (Å²) in [5.74, 6) is 1.66. The van der Waals surface area contributed by atoms with Gasteiger partial charge in [-0.25, -0.2) is 0 Å². The topological polar surface area (TPSA) is 17.1 Å². The summed E-state index contributed by atoms with van der Waals surface area (Å²) in [6, 6.07) is 0. The number of rotatable bonds is 6. The number of hydrogen-bond donors (Lipinski definition) is 0. The number of unbranched alkanes of at least 4 members (excludes halogenated alkanes) is 1. The minimum absolute atomic E-state index is 0.348. The Morgan fingerprint density at radius 3 is 2.53 bits per heavy atom. The van der Waals surface area contributed by atoms with Crippen molar-refractivity contribution in [2.24, 2.45) is 11.8 Å². The standard InChI is InChI=1S/C14H24O/c1-3-5-7-12-8-10-13(11-9-12)14(15)6-4-2/h4,12-13H,2-3,5-11H2,1H3. The highest BCUT2D eigenvalue weighted by Gasteiger charge is 2.24. The summed E-state index contributed by atoms with van der Waals surface area (Å²) in [5.41, 5.74) is 0. The molecule has 0 radical (unpaired) electrons. The van der Waals surface area contributed by atoms with Gasteiger partial charge in [-0.3, -0.25) is 4.79 Å². The lowest BCUT2D eigenvalue weighted by Crippen LogP contribution is -2.21. The molecular formula is C14H24O. The molecule has 0 amide bonds. The van der Waals surface area contributed by atoms with E-state index in [1.165, 1.54) is 32.1 Å². The van der Waals surface area contributed by atoms with Crippen LogP contribution in [0.15, 0.2) is 12.7 Å². The lowest BCUT2D eigenvalue weighted by molar-refractivity contribution is -0.123. The quantitative estimate of drug-likeness (QED) is 0.600. The zero-order chi connectivity index (χ0) is 11.1. The molecule has 0 heterocycles. The molecule has 1 saturated carbocycles. The number of Topliss-reactive ketones (excluding diaryl/α,β-unsaturated/α-hetero) is 1. The van der Waals surface area contributed by atoms with E-state index in [-0.39, 0.29) is 0 Å². The number of carbonyl (C=O) groups excluding carboxylic acids is 1. The molecule has 0 saturated heterocycles. The molecule has 0 aromatic carbocycles. The SMILES string of the molecule is C=CCC(=O)C1CCC(CCCC)CC1. The maximum atomic E-state index is 11.6. The number of carbonyl (C=O) groups is 1. The van der Waals surface area contributed by atoms with Crippen molar-refractivity contribution in [3.05, 3.63) is 12.7 Å². The van der Waals surface area contributed by atoms with Gasteiger partial charge in [0, 0.05) is 12.3 Å². The third kappa shape index (κ3) is 4.19. The van der Waals surface area contributed by atoms with Crippen LogP contribution < -0.4 is 0 Å². The molecule has 1 heteroatoms. The molecule has 0 aliphatic heterocycles. The molecule has 0 aromatic heterocycles. The van der Waals surface area contributed by atoms with Gasteiger partial charge in [-0.05, 0) is 31.6 Å². The van der Waals surface area contributed by atoms with Gasteiger partial charge in [0.15, 0.2) is 0 Å². The molecule has 1 nitrogen and oxygen atoms in total. The van der Waals surface area contributed by atoms with Crippen molar-refractivity contribution >= 4 is 5.78 Å². The fraction of sp³-hybridized carbons (Fsp3) is 0.786. The van der Waals surface area contributed by atoms with E-state index in [1.807, 2.05) is 0 Å². The second-order valence-corrected chi connectivity index (χ2v) is 4.82. The van der Waals surface area contributed by atoms with E-state index < -0.39 is 0 Å². The highest BCUT2D eigenvalue weighted by Crippen LogP contribution is 2.32. The smallest absolute Gasteiger partial charge is 0.139 e. The predicted molar refractivity (Wildman–Crippen MR) is 64.8 cm³/mol. The van der Waals surface area contributed by atoms with Crippen LogP contribution in [0.2, 0.25) is 0 Å². The first-order valence-electron chi connectivity index (χ1n) is 6.41. The molecule has 1 aliphatic carbocycles. The van der Waals surface area contributed by atoms with Gasteiger partial charge < -0.3 is 0 Å². The highest BCUT2D eigenvalue weighted by atomic mass is 16.1. The maximum absolute atomic E-state index is 11.6. The van der Waals surface area contributed by atoms with Crippen LogP contribution in [0, 0.1) is 11.8 Å². The zero-order valence-electron chi connectivity index (χ0n) is 10.0. The average Bonchev–Trinajstić information content (AvgIpc) is 2.27. The van der Waals surface area contributed by atoms with Crippen LogP contribution in [-0.2, 0) is 4.79 Å². The Balaban J connectivity index is 2.23. The van der Waals surface area contributed by atoms with Gasteiger partial charge >= 0.3 is 0 Å². The highest BCUT2D eigenvalue weighted by molar-refractivity contribution is 5.82. The van der Waals surface area contributed by atoms with Crippen molar-refractivity contribution in [3.63, 3.8) is 0 Å². The molecule has 0 bridgehead atoms. The molecule has 0 spiro atoms. The van der Waals surface area contributed by atoms with Gasteiger partial charge in [-0.1, -0.05) is 32.3 Å². The summed E-state index contributed by atoms with van der Waals surface area (Å²) in [6.07, 6.45) is 11.1. The van der Waals surface area contributed by atoms with Crippen molar-refractivity contribution in [3.8, 4) is 0 Å². The van der Waals surface area contributed by atoms with Crippen LogP contribution in [0.5, 0.6) is 0 Å². The van der Waals surface area contributed by atoms with Crippen LogP contribution in [0.1, 0.15) is 58.3 Å². The van der Waals surface area contributed by atoms with Gasteiger partial charge in [0.1, 0.15) is 5.78 Å². The Bertz CT molecular complexity index is 199. The second-order valence-electron chi connectivity index (χ2n) is 4.82. The molecule has 1 rings (SSSR count). The summed E-state index contributed by atoms with van der Waals surface area (Å²) in [7, 11) is 0. The van der Waals surface area contributed by atoms with E-state index >= 15 is 0 Å². The minimum Gasteiger partial charge on any atom is -0.299 e. The molecule has 1 aliphatic rings. The Kier molecular flexibility index (Phi) is 5.67. The summed E-state index contributed by atoms with van der Waals surface area (Å²) >= 11 is 0. The lowest BCUT2D eigenvalue weighted by Gasteiger charge is -2.27. The van der Waals surface area contributed by atoms with Gasteiger partial charge in [-0.15, -0.1) is 6.58 Å². The monoisotopic (exact) mass is 208 g/mol. The summed E-state index contributed by atoms with van der Waals surface area (Å²) in [4.78, 5) is 11.6. The molecule has 86 valence electrons. The number of allylic oxidation sites excluding steroid dienone is 1. The number of hydrogen-bond acceptors (Lipinski definition) is 1. The first kappa shape index (κ1) is 12.5. The summed E-state index contributed by atoms with van der Waals surface area (Å²) in [5, 5.41) is 0. The predicted octanol–water partition coefficient (Wildman–Crippen LogP) is 4.13. The third-order valence-corrected chi connectivity index (χ3v) is 3.61. The van der Waals surface area contributed by atoms with E-state index in [0.29, 0.717) is 18.1 Å². The van der Waals surface area contributed by atoms with E-state index in [4.69, 9.17) is 0 Å². The lowest BCUT2D eigenvalue weighted by atomic mass is 9.78. The Morgan fingerprint density at radius 1 is 1.33 bits per heavy atom. The van der Waals surface area contributed by atoms with E-state index in [0.717, 1.165) is 18.8 Å². The Labute approximate surface area is 93.9 Å². The summed E-state index contributed by atoms with van der Waals surface area (Å²) in [6.45, 7) is 5.88.